The van der Waals surface area contributed by atoms with Crippen LogP contribution in [0.1, 0.15) is 23.7 Å². The van der Waals surface area contributed by atoms with E-state index in [1.807, 2.05) is 6.07 Å². The molecule has 0 atom stereocenters. The molecule has 0 amide bonds. The number of benzene rings is 1. The van der Waals surface area contributed by atoms with Crippen LogP contribution in [-0.2, 0) is 19.5 Å². The number of rotatable bonds is 4. The minimum Gasteiger partial charge on any atom is -0.370 e. The largest absolute Gasteiger partial charge is 0.370 e. The maximum atomic E-state index is 4.66. The van der Waals surface area contributed by atoms with E-state index in [-0.39, 0.29) is 0 Å². The summed E-state index contributed by atoms with van der Waals surface area (Å²) in [6.07, 6.45) is 1.14. The van der Waals surface area contributed by atoms with Crippen LogP contribution in [0.5, 0.6) is 0 Å². The van der Waals surface area contributed by atoms with Crippen molar-refractivity contribution in [3.05, 3.63) is 59.3 Å². The van der Waals surface area contributed by atoms with Gasteiger partial charge in [-0.25, -0.2) is 4.98 Å². The van der Waals surface area contributed by atoms with E-state index in [4.69, 9.17) is 0 Å². The van der Waals surface area contributed by atoms with E-state index in [0.29, 0.717) is 0 Å². The molecule has 2 aromatic rings. The highest BCUT2D eigenvalue weighted by Gasteiger charge is 2.16. The standard InChI is InChI=1S/C17H21N3/c1-2-18-17-9-5-8-16(19-17)13-20-11-10-14-6-3-4-7-15(14)12-20/h3-9H,2,10-13H2,1H3,(H,18,19). The number of hydrogen-bond acceptors (Lipinski definition) is 3. The molecular weight excluding hydrogens is 246 g/mol. The lowest BCUT2D eigenvalue weighted by Crippen LogP contribution is -2.30. The third-order valence-electron chi connectivity index (χ3n) is 3.76. The predicted molar refractivity (Wildman–Crippen MR) is 82.7 cm³/mol. The van der Waals surface area contributed by atoms with Crippen LogP contribution in [-0.4, -0.2) is 23.0 Å². The molecule has 1 aromatic heterocycles. The zero-order valence-electron chi connectivity index (χ0n) is 12.0. The summed E-state index contributed by atoms with van der Waals surface area (Å²) < 4.78 is 0. The van der Waals surface area contributed by atoms with Gasteiger partial charge in [0.25, 0.3) is 0 Å². The molecule has 1 aromatic carbocycles. The molecule has 3 heteroatoms. The van der Waals surface area contributed by atoms with Gasteiger partial charge in [0.15, 0.2) is 0 Å². The zero-order valence-corrected chi connectivity index (χ0v) is 12.0. The molecule has 3 rings (SSSR count). The summed E-state index contributed by atoms with van der Waals surface area (Å²) in [5.74, 6) is 0.974. The monoisotopic (exact) mass is 267 g/mol. The highest BCUT2D eigenvalue weighted by molar-refractivity contribution is 5.35. The van der Waals surface area contributed by atoms with Crippen molar-refractivity contribution >= 4 is 5.82 Å². The van der Waals surface area contributed by atoms with Gasteiger partial charge in [-0.2, -0.15) is 0 Å². The fourth-order valence-corrected chi connectivity index (χ4v) is 2.77. The Morgan fingerprint density at radius 1 is 1.10 bits per heavy atom. The Balaban J connectivity index is 1.69. The van der Waals surface area contributed by atoms with Gasteiger partial charge < -0.3 is 5.32 Å². The molecule has 0 bridgehead atoms. The number of pyridine rings is 1. The quantitative estimate of drug-likeness (QED) is 0.922. The van der Waals surface area contributed by atoms with E-state index < -0.39 is 0 Å². The molecule has 3 nitrogen and oxygen atoms in total. The van der Waals surface area contributed by atoms with Gasteiger partial charge in [0.1, 0.15) is 5.82 Å². The summed E-state index contributed by atoms with van der Waals surface area (Å²) in [6, 6.07) is 15.0. The van der Waals surface area contributed by atoms with Crippen LogP contribution in [0.25, 0.3) is 0 Å². The normalized spacial score (nSPS) is 14.8. The van der Waals surface area contributed by atoms with E-state index in [2.05, 4.69) is 58.5 Å². The van der Waals surface area contributed by atoms with Gasteiger partial charge in [-0.15, -0.1) is 0 Å². The first kappa shape index (κ1) is 13.1. The minimum atomic E-state index is 0.910. The van der Waals surface area contributed by atoms with Gasteiger partial charge in [-0.1, -0.05) is 30.3 Å². The lowest BCUT2D eigenvalue weighted by atomic mass is 10.00. The minimum absolute atomic E-state index is 0.910. The summed E-state index contributed by atoms with van der Waals surface area (Å²) >= 11 is 0. The van der Waals surface area contributed by atoms with Crippen LogP contribution >= 0.6 is 0 Å². The van der Waals surface area contributed by atoms with E-state index >= 15 is 0 Å². The SMILES string of the molecule is CCNc1cccc(CN2CCc3ccccc3C2)n1. The van der Waals surface area contributed by atoms with E-state index in [1.54, 1.807) is 0 Å². The number of nitrogens with one attached hydrogen (secondary N) is 1. The first-order chi connectivity index (χ1) is 9.85. The second-order valence-corrected chi connectivity index (χ2v) is 5.27. The number of fused-ring (bicyclic) bond motifs is 1. The molecule has 0 saturated carbocycles. The maximum Gasteiger partial charge on any atom is 0.126 e. The van der Waals surface area contributed by atoms with E-state index in [1.165, 1.54) is 11.1 Å². The lowest BCUT2D eigenvalue weighted by molar-refractivity contribution is 0.243. The second kappa shape index (κ2) is 6.06. The predicted octanol–water partition coefficient (Wildman–Crippen LogP) is 3.07. The summed E-state index contributed by atoms with van der Waals surface area (Å²) in [5.41, 5.74) is 4.10. The maximum absolute atomic E-state index is 4.66. The van der Waals surface area contributed by atoms with E-state index in [0.717, 1.165) is 44.1 Å². The molecule has 1 aliphatic rings. The topological polar surface area (TPSA) is 28.2 Å². The first-order valence-electron chi connectivity index (χ1n) is 7.34. The van der Waals surface area contributed by atoms with Crippen molar-refractivity contribution in [3.63, 3.8) is 0 Å². The molecule has 104 valence electrons. The molecule has 0 aliphatic carbocycles. The van der Waals surface area contributed by atoms with Gasteiger partial charge in [-0.05, 0) is 36.6 Å². The molecule has 0 unspecified atom stereocenters. The summed E-state index contributed by atoms with van der Waals surface area (Å²) in [5, 5.41) is 3.27. The van der Waals surface area contributed by atoms with Crippen molar-refractivity contribution in [1.29, 1.82) is 0 Å². The Kier molecular flexibility index (Phi) is 3.97. The van der Waals surface area contributed by atoms with Crippen LogP contribution in [0, 0.1) is 0 Å². The molecule has 0 spiro atoms. The van der Waals surface area contributed by atoms with Gasteiger partial charge >= 0.3 is 0 Å². The molecule has 1 aliphatic heterocycles. The Morgan fingerprint density at radius 3 is 2.80 bits per heavy atom. The Labute approximate surface area is 120 Å². The highest BCUT2D eigenvalue weighted by atomic mass is 15.1. The van der Waals surface area contributed by atoms with Crippen molar-refractivity contribution in [2.45, 2.75) is 26.4 Å². The average molecular weight is 267 g/mol. The van der Waals surface area contributed by atoms with E-state index in [9.17, 15) is 0 Å². The molecule has 1 N–H and O–H groups in total. The Bertz CT molecular complexity index is 580. The first-order valence-corrected chi connectivity index (χ1v) is 7.34. The van der Waals surface area contributed by atoms with Gasteiger partial charge in [0.05, 0.1) is 5.69 Å². The molecule has 0 saturated heterocycles. The third-order valence-corrected chi connectivity index (χ3v) is 3.76. The number of hydrogen-bond donors (Lipinski definition) is 1. The molecule has 2 heterocycles. The Hall–Kier alpha value is -1.87. The zero-order chi connectivity index (χ0) is 13.8. The summed E-state index contributed by atoms with van der Waals surface area (Å²) in [7, 11) is 0. The number of aromatic nitrogens is 1. The smallest absolute Gasteiger partial charge is 0.126 e. The Morgan fingerprint density at radius 2 is 1.95 bits per heavy atom. The third kappa shape index (κ3) is 2.99. The van der Waals surface area contributed by atoms with Crippen molar-refractivity contribution < 1.29 is 0 Å². The van der Waals surface area contributed by atoms with Crippen LogP contribution in [0.2, 0.25) is 0 Å². The molecular formula is C17H21N3. The van der Waals surface area contributed by atoms with Gasteiger partial charge in [0, 0.05) is 26.2 Å². The van der Waals surface area contributed by atoms with Crippen molar-refractivity contribution in [2.24, 2.45) is 0 Å². The average Bonchev–Trinajstić information content (AvgIpc) is 2.48. The van der Waals surface area contributed by atoms with Crippen LogP contribution in [0.4, 0.5) is 5.82 Å². The second-order valence-electron chi connectivity index (χ2n) is 5.27. The van der Waals surface area contributed by atoms with Crippen molar-refractivity contribution in [3.8, 4) is 0 Å². The number of anilines is 1. The number of nitrogens with zero attached hydrogens (tertiary/aromatic N) is 2. The van der Waals surface area contributed by atoms with Gasteiger partial charge in [-0.3, -0.25) is 4.90 Å². The lowest BCUT2D eigenvalue weighted by Gasteiger charge is -2.28. The highest BCUT2D eigenvalue weighted by Crippen LogP contribution is 2.20. The molecule has 20 heavy (non-hydrogen) atoms. The van der Waals surface area contributed by atoms with Crippen molar-refractivity contribution in [2.75, 3.05) is 18.4 Å². The molecule has 0 fully saturated rings. The fraction of sp³-hybridized carbons (Fsp3) is 0.353. The van der Waals surface area contributed by atoms with Crippen LogP contribution < -0.4 is 5.32 Å². The summed E-state index contributed by atoms with van der Waals surface area (Å²) in [4.78, 5) is 7.13. The van der Waals surface area contributed by atoms with Crippen molar-refractivity contribution in [1.82, 2.24) is 9.88 Å². The summed E-state index contributed by atoms with van der Waals surface area (Å²) in [6.45, 7) is 6.07. The van der Waals surface area contributed by atoms with Crippen LogP contribution in [0.3, 0.4) is 0 Å². The van der Waals surface area contributed by atoms with Gasteiger partial charge in [0.2, 0.25) is 0 Å². The van der Waals surface area contributed by atoms with Crippen LogP contribution in [0.15, 0.2) is 42.5 Å². The molecule has 0 radical (unpaired) electrons. The fourth-order valence-electron chi connectivity index (χ4n) is 2.77.